The van der Waals surface area contributed by atoms with Crippen LogP contribution in [0.5, 0.6) is 5.75 Å². The molecule has 1 aromatic heterocycles. The Balaban J connectivity index is 1.76. The number of aryl methyl sites for hydroxylation is 3. The molecule has 1 aromatic carbocycles. The fraction of sp³-hybridized carbons (Fsp3) is 0.412. The SMILES string of the molecule is CCc1ccc(O)c(C(=O)NCCCCc2nc(C)cs2)c1. The molecule has 118 valence electrons. The van der Waals surface area contributed by atoms with Crippen molar-refractivity contribution in [2.24, 2.45) is 0 Å². The zero-order valence-corrected chi connectivity index (χ0v) is 13.9. The summed E-state index contributed by atoms with van der Waals surface area (Å²) in [5, 5.41) is 15.9. The highest BCUT2D eigenvalue weighted by molar-refractivity contribution is 7.09. The topological polar surface area (TPSA) is 62.2 Å². The van der Waals surface area contributed by atoms with E-state index in [4.69, 9.17) is 0 Å². The average molecular weight is 318 g/mol. The summed E-state index contributed by atoms with van der Waals surface area (Å²) in [4.78, 5) is 16.5. The summed E-state index contributed by atoms with van der Waals surface area (Å²) in [6.45, 7) is 4.63. The molecule has 22 heavy (non-hydrogen) atoms. The van der Waals surface area contributed by atoms with Gasteiger partial charge in [0.05, 0.1) is 10.6 Å². The number of aromatic nitrogens is 1. The van der Waals surface area contributed by atoms with Crippen LogP contribution in [0.1, 0.15) is 46.4 Å². The second-order valence-corrected chi connectivity index (χ2v) is 6.24. The van der Waals surface area contributed by atoms with E-state index >= 15 is 0 Å². The lowest BCUT2D eigenvalue weighted by Gasteiger charge is -2.08. The first-order chi connectivity index (χ1) is 10.6. The van der Waals surface area contributed by atoms with E-state index in [-0.39, 0.29) is 11.7 Å². The van der Waals surface area contributed by atoms with Crippen LogP contribution in [0.4, 0.5) is 0 Å². The van der Waals surface area contributed by atoms with Crippen LogP contribution >= 0.6 is 11.3 Å². The number of thiazole rings is 1. The summed E-state index contributed by atoms with van der Waals surface area (Å²) < 4.78 is 0. The van der Waals surface area contributed by atoms with Gasteiger partial charge in [-0.25, -0.2) is 4.98 Å². The molecule has 0 aliphatic carbocycles. The molecule has 0 aliphatic heterocycles. The van der Waals surface area contributed by atoms with Gasteiger partial charge in [-0.1, -0.05) is 13.0 Å². The highest BCUT2D eigenvalue weighted by Crippen LogP contribution is 2.18. The van der Waals surface area contributed by atoms with Gasteiger partial charge in [-0.15, -0.1) is 11.3 Å². The van der Waals surface area contributed by atoms with Gasteiger partial charge in [-0.05, 0) is 50.3 Å². The standard InChI is InChI=1S/C17H22N2O2S/c1-3-13-7-8-15(20)14(10-13)17(21)18-9-5-4-6-16-19-12(2)11-22-16/h7-8,10-11,20H,3-6,9H2,1-2H3,(H,18,21). The zero-order valence-electron chi connectivity index (χ0n) is 13.1. The van der Waals surface area contributed by atoms with Crippen LogP contribution in [-0.4, -0.2) is 22.5 Å². The summed E-state index contributed by atoms with van der Waals surface area (Å²) in [6, 6.07) is 5.17. The highest BCUT2D eigenvalue weighted by atomic mass is 32.1. The van der Waals surface area contributed by atoms with Gasteiger partial charge >= 0.3 is 0 Å². The predicted octanol–water partition coefficient (Wildman–Crippen LogP) is 3.47. The highest BCUT2D eigenvalue weighted by Gasteiger charge is 2.11. The second kappa shape index (κ2) is 7.94. The largest absolute Gasteiger partial charge is 0.507 e. The van der Waals surface area contributed by atoms with Crippen LogP contribution in [0.2, 0.25) is 0 Å². The third-order valence-electron chi connectivity index (χ3n) is 3.48. The van der Waals surface area contributed by atoms with Gasteiger partial charge in [0, 0.05) is 17.6 Å². The lowest BCUT2D eigenvalue weighted by molar-refractivity contribution is 0.0950. The average Bonchev–Trinajstić information content (AvgIpc) is 2.92. The molecule has 0 fully saturated rings. The van der Waals surface area contributed by atoms with Crippen molar-refractivity contribution >= 4 is 17.2 Å². The summed E-state index contributed by atoms with van der Waals surface area (Å²) in [7, 11) is 0. The quantitative estimate of drug-likeness (QED) is 0.768. The Labute approximate surface area is 135 Å². The Morgan fingerprint density at radius 2 is 2.18 bits per heavy atom. The maximum absolute atomic E-state index is 12.1. The van der Waals surface area contributed by atoms with Crippen LogP contribution in [0, 0.1) is 6.92 Å². The van der Waals surface area contributed by atoms with Gasteiger partial charge in [0.2, 0.25) is 0 Å². The molecule has 0 radical (unpaired) electrons. The van der Waals surface area contributed by atoms with Crippen molar-refractivity contribution in [1.29, 1.82) is 0 Å². The van der Waals surface area contributed by atoms with Crippen LogP contribution in [0.15, 0.2) is 23.6 Å². The third kappa shape index (κ3) is 4.56. The molecule has 2 aromatic rings. The van der Waals surface area contributed by atoms with E-state index in [2.05, 4.69) is 15.7 Å². The first kappa shape index (κ1) is 16.5. The Bertz CT molecular complexity index is 637. The lowest BCUT2D eigenvalue weighted by Crippen LogP contribution is -2.24. The van der Waals surface area contributed by atoms with E-state index in [0.717, 1.165) is 41.9 Å². The lowest BCUT2D eigenvalue weighted by atomic mass is 10.1. The summed E-state index contributed by atoms with van der Waals surface area (Å²) in [6.07, 6.45) is 3.69. The Hall–Kier alpha value is -1.88. The number of unbranched alkanes of at least 4 members (excludes halogenated alkanes) is 1. The molecule has 1 amide bonds. The molecule has 5 heteroatoms. The third-order valence-corrected chi connectivity index (χ3v) is 4.51. The van der Waals surface area contributed by atoms with Crippen LogP contribution in [0.25, 0.3) is 0 Å². The Morgan fingerprint density at radius 3 is 2.86 bits per heavy atom. The van der Waals surface area contributed by atoms with E-state index < -0.39 is 0 Å². The van der Waals surface area contributed by atoms with E-state index in [1.54, 1.807) is 23.5 Å². The summed E-state index contributed by atoms with van der Waals surface area (Å²) in [5.74, 6) is -0.175. The number of hydrogen-bond acceptors (Lipinski definition) is 4. The first-order valence-electron chi connectivity index (χ1n) is 7.61. The molecule has 4 nitrogen and oxygen atoms in total. The number of phenols is 1. The van der Waals surface area contributed by atoms with Crippen LogP contribution in [0.3, 0.4) is 0 Å². The van der Waals surface area contributed by atoms with Gasteiger partial charge < -0.3 is 10.4 Å². The first-order valence-corrected chi connectivity index (χ1v) is 8.49. The van der Waals surface area contributed by atoms with Crippen molar-refractivity contribution in [2.75, 3.05) is 6.54 Å². The van der Waals surface area contributed by atoms with Gasteiger partial charge in [-0.2, -0.15) is 0 Å². The number of carbonyl (C=O) groups excluding carboxylic acids is 1. The molecule has 0 saturated heterocycles. The molecule has 2 N–H and O–H groups in total. The molecule has 0 saturated carbocycles. The number of nitrogens with zero attached hydrogens (tertiary/aromatic N) is 1. The van der Waals surface area contributed by atoms with E-state index in [9.17, 15) is 9.90 Å². The summed E-state index contributed by atoms with van der Waals surface area (Å²) >= 11 is 1.69. The molecule has 0 spiro atoms. The monoisotopic (exact) mass is 318 g/mol. The molecule has 1 heterocycles. The van der Waals surface area contributed by atoms with Gasteiger partial charge in [-0.3, -0.25) is 4.79 Å². The second-order valence-electron chi connectivity index (χ2n) is 5.30. The van der Waals surface area contributed by atoms with Crippen molar-refractivity contribution in [3.8, 4) is 5.75 Å². The minimum Gasteiger partial charge on any atom is -0.507 e. The Kier molecular flexibility index (Phi) is 5.95. The molecule has 0 unspecified atom stereocenters. The number of phenolic OH excluding ortho intramolecular Hbond substituents is 1. The normalized spacial score (nSPS) is 10.6. The molecular formula is C17H22N2O2S. The van der Waals surface area contributed by atoms with Crippen molar-refractivity contribution in [1.82, 2.24) is 10.3 Å². The van der Waals surface area contributed by atoms with E-state index in [0.29, 0.717) is 12.1 Å². The maximum atomic E-state index is 12.1. The minimum absolute atomic E-state index is 0.0351. The Morgan fingerprint density at radius 1 is 1.36 bits per heavy atom. The van der Waals surface area contributed by atoms with Gasteiger partial charge in [0.25, 0.3) is 5.91 Å². The molecule has 2 rings (SSSR count). The van der Waals surface area contributed by atoms with Gasteiger partial charge in [0.15, 0.2) is 0 Å². The maximum Gasteiger partial charge on any atom is 0.255 e. The smallest absolute Gasteiger partial charge is 0.255 e. The molecule has 0 atom stereocenters. The number of amides is 1. The van der Waals surface area contributed by atoms with Crippen molar-refractivity contribution in [2.45, 2.75) is 39.5 Å². The minimum atomic E-state index is -0.210. The molecule has 0 bridgehead atoms. The fourth-order valence-electron chi connectivity index (χ4n) is 2.20. The predicted molar refractivity (Wildman–Crippen MR) is 89.6 cm³/mol. The number of aromatic hydroxyl groups is 1. The zero-order chi connectivity index (χ0) is 15.9. The number of rotatable bonds is 7. The number of hydrogen-bond donors (Lipinski definition) is 2. The summed E-state index contributed by atoms with van der Waals surface area (Å²) in [5.41, 5.74) is 2.47. The van der Waals surface area contributed by atoms with Gasteiger partial charge in [0.1, 0.15) is 5.75 Å². The van der Waals surface area contributed by atoms with Crippen molar-refractivity contribution in [3.63, 3.8) is 0 Å². The fourth-order valence-corrected chi connectivity index (χ4v) is 3.02. The number of nitrogens with one attached hydrogen (secondary N) is 1. The number of benzene rings is 1. The molecular weight excluding hydrogens is 296 g/mol. The van der Waals surface area contributed by atoms with Crippen molar-refractivity contribution < 1.29 is 9.90 Å². The van der Waals surface area contributed by atoms with Crippen LogP contribution in [-0.2, 0) is 12.8 Å². The molecule has 0 aliphatic rings. The number of carbonyl (C=O) groups is 1. The van der Waals surface area contributed by atoms with Crippen molar-refractivity contribution in [3.05, 3.63) is 45.4 Å². The van der Waals surface area contributed by atoms with Crippen LogP contribution < -0.4 is 5.32 Å². The van der Waals surface area contributed by atoms with E-state index in [1.807, 2.05) is 19.9 Å². The van der Waals surface area contributed by atoms with E-state index in [1.165, 1.54) is 0 Å².